The van der Waals surface area contributed by atoms with Gasteiger partial charge in [0.15, 0.2) is 12.4 Å². The maximum absolute atomic E-state index is 13.0. The Balaban J connectivity index is 1.62. The lowest BCUT2D eigenvalue weighted by Crippen LogP contribution is -2.64. The first-order valence-corrected chi connectivity index (χ1v) is 12.2. The first kappa shape index (κ1) is 29.1. The highest BCUT2D eigenvalue weighted by atomic mass is 16.8. The quantitative estimate of drug-likeness (QED) is 0.190. The summed E-state index contributed by atoms with van der Waals surface area (Å²) in [4.78, 5) is 13.0. The first-order chi connectivity index (χ1) is 18.6. The molecule has 214 valence electrons. The molecule has 13 heteroatoms. The van der Waals surface area contributed by atoms with Crippen molar-refractivity contribution in [1.82, 2.24) is 0 Å². The van der Waals surface area contributed by atoms with Gasteiger partial charge in [-0.05, 0) is 6.92 Å². The average Bonchev–Trinajstić information content (AvgIpc) is 2.93. The van der Waals surface area contributed by atoms with Gasteiger partial charge < -0.3 is 59.4 Å². The molecule has 0 radical (unpaired) electrons. The van der Waals surface area contributed by atoms with E-state index >= 15 is 0 Å². The number of hydrogen-bond donors (Lipinski definition) is 7. The molecular formula is C26H32O13. The van der Waals surface area contributed by atoms with E-state index in [1.54, 1.807) is 30.3 Å². The van der Waals surface area contributed by atoms with Crippen molar-refractivity contribution in [1.29, 1.82) is 0 Å². The molecule has 0 aromatic heterocycles. The highest BCUT2D eigenvalue weighted by Gasteiger charge is 2.51. The minimum Gasteiger partial charge on any atom is -0.507 e. The number of aliphatic hydroxyl groups is 6. The molecule has 0 bridgehead atoms. The zero-order valence-corrected chi connectivity index (χ0v) is 21.1. The van der Waals surface area contributed by atoms with E-state index in [-0.39, 0.29) is 17.1 Å². The predicted molar refractivity (Wildman–Crippen MR) is 130 cm³/mol. The summed E-state index contributed by atoms with van der Waals surface area (Å²) in [7, 11) is 1.29. The van der Waals surface area contributed by atoms with Crippen molar-refractivity contribution in [2.24, 2.45) is 0 Å². The maximum Gasteiger partial charge on any atom is 0.229 e. The lowest BCUT2D eigenvalue weighted by atomic mass is 9.97. The van der Waals surface area contributed by atoms with Crippen LogP contribution in [0.2, 0.25) is 0 Å². The lowest BCUT2D eigenvalue weighted by molar-refractivity contribution is -0.354. The lowest BCUT2D eigenvalue weighted by Gasteiger charge is -2.45. The second-order valence-electron chi connectivity index (χ2n) is 9.32. The van der Waals surface area contributed by atoms with E-state index in [1.165, 1.54) is 20.1 Å². The number of ketones is 1. The Morgan fingerprint density at radius 3 is 2.23 bits per heavy atom. The zero-order chi connectivity index (χ0) is 28.4. The Bertz CT molecular complexity index is 1130. The summed E-state index contributed by atoms with van der Waals surface area (Å²) >= 11 is 0. The van der Waals surface area contributed by atoms with Gasteiger partial charge in [0.1, 0.15) is 59.4 Å². The Kier molecular flexibility index (Phi) is 9.06. The van der Waals surface area contributed by atoms with Gasteiger partial charge in [0.2, 0.25) is 12.1 Å². The fraction of sp³-hybridized carbons (Fsp3) is 0.500. The number of hydrogen-bond acceptors (Lipinski definition) is 13. The van der Waals surface area contributed by atoms with E-state index in [0.717, 1.165) is 6.07 Å². The van der Waals surface area contributed by atoms with E-state index in [9.17, 15) is 40.5 Å². The van der Waals surface area contributed by atoms with Crippen molar-refractivity contribution < 1.29 is 64.2 Å². The van der Waals surface area contributed by atoms with Crippen LogP contribution < -0.4 is 9.47 Å². The third-order valence-corrected chi connectivity index (χ3v) is 6.71. The van der Waals surface area contributed by atoms with Gasteiger partial charge in [-0.25, -0.2) is 0 Å². The number of aromatic hydroxyl groups is 1. The summed E-state index contributed by atoms with van der Waals surface area (Å²) in [5, 5.41) is 71.9. The van der Waals surface area contributed by atoms with Gasteiger partial charge in [0, 0.05) is 17.7 Å². The summed E-state index contributed by atoms with van der Waals surface area (Å²) < 4.78 is 27.8. The van der Waals surface area contributed by atoms with Crippen molar-refractivity contribution in [3.05, 3.63) is 53.6 Å². The highest BCUT2D eigenvalue weighted by molar-refractivity contribution is 6.12. The topological polar surface area (TPSA) is 205 Å². The Labute approximate surface area is 223 Å². The summed E-state index contributed by atoms with van der Waals surface area (Å²) in [6.45, 7) is 0.732. The molecule has 0 aliphatic carbocycles. The SMILES string of the molecule is COc1cc(OC2OC(CO)C(O)C(O)C2OC2OC(C)C(O)C(O)C2O)cc(O)c1C(=O)c1ccccc1. The molecule has 2 aromatic carbocycles. The third kappa shape index (κ3) is 5.87. The largest absolute Gasteiger partial charge is 0.507 e. The highest BCUT2D eigenvalue weighted by Crippen LogP contribution is 2.37. The molecule has 39 heavy (non-hydrogen) atoms. The summed E-state index contributed by atoms with van der Waals surface area (Å²) in [6.07, 6.45) is -15.1. The molecule has 2 saturated heterocycles. The van der Waals surface area contributed by atoms with Gasteiger partial charge in [-0.15, -0.1) is 0 Å². The van der Waals surface area contributed by atoms with Gasteiger partial charge in [-0.3, -0.25) is 4.79 Å². The molecule has 2 heterocycles. The Hall–Kier alpha value is -2.85. The van der Waals surface area contributed by atoms with Crippen molar-refractivity contribution in [2.75, 3.05) is 13.7 Å². The second-order valence-corrected chi connectivity index (χ2v) is 9.32. The van der Waals surface area contributed by atoms with Crippen molar-refractivity contribution in [2.45, 2.75) is 68.3 Å². The van der Waals surface area contributed by atoms with Crippen LogP contribution in [0.15, 0.2) is 42.5 Å². The van der Waals surface area contributed by atoms with E-state index < -0.39 is 79.6 Å². The van der Waals surface area contributed by atoms with Crippen LogP contribution in [0.25, 0.3) is 0 Å². The molecule has 0 saturated carbocycles. The predicted octanol–water partition coefficient (Wildman–Crippen LogP) is -1.34. The maximum atomic E-state index is 13.0. The average molecular weight is 553 g/mol. The van der Waals surface area contributed by atoms with Gasteiger partial charge >= 0.3 is 0 Å². The molecule has 2 aliphatic rings. The Morgan fingerprint density at radius 2 is 1.59 bits per heavy atom. The molecule has 0 amide bonds. The van der Waals surface area contributed by atoms with Crippen molar-refractivity contribution in [3.63, 3.8) is 0 Å². The molecule has 13 nitrogen and oxygen atoms in total. The second kappa shape index (κ2) is 12.1. The van der Waals surface area contributed by atoms with Crippen LogP contribution >= 0.6 is 0 Å². The number of carbonyl (C=O) groups excluding carboxylic acids is 1. The number of phenols is 1. The number of methoxy groups -OCH3 is 1. The fourth-order valence-electron chi connectivity index (χ4n) is 4.48. The number of ether oxygens (including phenoxy) is 5. The van der Waals surface area contributed by atoms with Gasteiger partial charge in [0.25, 0.3) is 0 Å². The van der Waals surface area contributed by atoms with E-state index in [1.807, 2.05) is 0 Å². The molecule has 2 aliphatic heterocycles. The van der Waals surface area contributed by atoms with Crippen molar-refractivity contribution >= 4 is 5.78 Å². The number of carbonyl (C=O) groups is 1. The molecule has 2 aromatic rings. The van der Waals surface area contributed by atoms with Crippen LogP contribution in [0.4, 0.5) is 0 Å². The Morgan fingerprint density at radius 1 is 0.897 bits per heavy atom. The van der Waals surface area contributed by atoms with E-state index in [0.29, 0.717) is 5.56 Å². The fourth-order valence-corrected chi connectivity index (χ4v) is 4.48. The van der Waals surface area contributed by atoms with Gasteiger partial charge in [-0.1, -0.05) is 30.3 Å². The minimum atomic E-state index is -1.73. The molecule has 4 rings (SSSR count). The smallest absolute Gasteiger partial charge is 0.229 e. The van der Waals surface area contributed by atoms with Crippen LogP contribution in [-0.4, -0.2) is 117 Å². The molecule has 2 fully saturated rings. The van der Waals surface area contributed by atoms with Crippen LogP contribution in [0, 0.1) is 0 Å². The molecular weight excluding hydrogens is 520 g/mol. The normalized spacial score (nSPS) is 34.9. The van der Waals surface area contributed by atoms with Crippen LogP contribution in [-0.2, 0) is 14.2 Å². The monoisotopic (exact) mass is 552 g/mol. The molecule has 10 atom stereocenters. The first-order valence-electron chi connectivity index (χ1n) is 12.2. The molecule has 0 spiro atoms. The summed E-state index contributed by atoms with van der Waals surface area (Å²) in [5.41, 5.74) is 0.177. The summed E-state index contributed by atoms with van der Waals surface area (Å²) in [6, 6.07) is 10.6. The summed E-state index contributed by atoms with van der Waals surface area (Å²) in [5.74, 6) is -1.13. The third-order valence-electron chi connectivity index (χ3n) is 6.71. The number of rotatable bonds is 8. The van der Waals surface area contributed by atoms with Crippen LogP contribution in [0.3, 0.4) is 0 Å². The van der Waals surface area contributed by atoms with Gasteiger partial charge in [0.05, 0.1) is 19.8 Å². The molecule has 7 N–H and O–H groups in total. The standard InChI is InChI=1S/C26H32O13/c1-11-18(29)21(32)23(34)25(36-11)39-24-22(33)20(31)16(10-27)38-26(24)37-13-8-14(28)17(15(9-13)35-2)19(30)12-6-4-3-5-7-12/h3-9,11,16,18,20-29,31-34H,10H2,1-2H3. The van der Waals surface area contributed by atoms with Gasteiger partial charge in [-0.2, -0.15) is 0 Å². The number of aliphatic hydroxyl groups excluding tert-OH is 6. The molecule has 10 unspecified atom stereocenters. The van der Waals surface area contributed by atoms with Crippen LogP contribution in [0.1, 0.15) is 22.8 Å². The van der Waals surface area contributed by atoms with Crippen LogP contribution in [0.5, 0.6) is 17.2 Å². The zero-order valence-electron chi connectivity index (χ0n) is 21.1. The number of benzene rings is 2. The van der Waals surface area contributed by atoms with Crippen molar-refractivity contribution in [3.8, 4) is 17.2 Å². The number of phenolic OH excluding ortho intramolecular Hbond substituents is 1. The van der Waals surface area contributed by atoms with E-state index in [2.05, 4.69) is 0 Å². The van der Waals surface area contributed by atoms with E-state index in [4.69, 9.17) is 23.7 Å². The minimum absolute atomic E-state index is 0.0385.